The van der Waals surface area contributed by atoms with Crippen LogP contribution in [0.2, 0.25) is 0 Å². The maximum Gasteiger partial charge on any atom is 0.373 e. The third-order valence-corrected chi connectivity index (χ3v) is 6.64. The summed E-state index contributed by atoms with van der Waals surface area (Å²) in [6.07, 6.45) is -4.03. The molecule has 0 aliphatic carbocycles. The number of nitrogens with one attached hydrogen (secondary N) is 1. The van der Waals surface area contributed by atoms with Gasteiger partial charge in [0.15, 0.2) is 17.7 Å². The lowest BCUT2D eigenvalue weighted by molar-refractivity contribution is -0.456. The Labute approximate surface area is 219 Å². The number of allylic oxidation sites excluding steroid dienone is 2. The zero-order valence-corrected chi connectivity index (χ0v) is 20.1. The highest BCUT2D eigenvalue weighted by molar-refractivity contribution is 5.89. The van der Waals surface area contributed by atoms with Crippen molar-refractivity contribution in [2.24, 2.45) is 0 Å². The summed E-state index contributed by atoms with van der Waals surface area (Å²) in [5.74, 6) is -4.55. The third-order valence-electron chi connectivity index (χ3n) is 6.64. The Morgan fingerprint density at radius 3 is 2.38 bits per heavy atom. The van der Waals surface area contributed by atoms with Crippen LogP contribution >= 0.6 is 0 Å². The molecular formula is C24H27N2O13+. The molecule has 15 heteroatoms. The van der Waals surface area contributed by atoms with Gasteiger partial charge >= 0.3 is 17.9 Å². The molecule has 1 aromatic carbocycles. The maximum absolute atomic E-state index is 12.0. The standard InChI is InChI=1S/C24H26N2O13/c27-8-17-18(29)19(30)20(31)24(39-17)38-16-6-10-5-14(23(36)37)26(13(10)7-15(16)28)2-1-9-3-11(21(32)33)25-12(4-9)22(34)35/h1-3,6-7,12,14,17-20,24,27,29-31H,4-5,8H2,(H4,28,32,33,34,35,36,37)/p+1/t12?,14-,17+,18+,19-,20+,24+/m0/s1. The molecule has 1 fully saturated rings. The summed E-state index contributed by atoms with van der Waals surface area (Å²) in [6.45, 7) is -0.687. The molecule has 1 saturated heterocycles. The molecule has 3 heterocycles. The van der Waals surface area contributed by atoms with Gasteiger partial charge in [0.05, 0.1) is 19.1 Å². The topological polar surface area (TPSA) is 247 Å². The van der Waals surface area contributed by atoms with Crippen molar-refractivity contribution in [1.82, 2.24) is 5.32 Å². The number of fused-ring (bicyclic) bond motifs is 1. The van der Waals surface area contributed by atoms with Crippen molar-refractivity contribution in [3.05, 3.63) is 41.1 Å². The lowest BCUT2D eigenvalue weighted by atomic mass is 9.99. The van der Waals surface area contributed by atoms with Crippen LogP contribution in [0.15, 0.2) is 35.6 Å². The predicted molar refractivity (Wildman–Crippen MR) is 127 cm³/mol. The quantitative estimate of drug-likeness (QED) is 0.161. The number of aromatic hydroxyl groups is 1. The highest BCUT2D eigenvalue weighted by Crippen LogP contribution is 2.40. The van der Waals surface area contributed by atoms with E-state index in [4.69, 9.17) is 9.47 Å². The molecule has 0 aromatic heterocycles. The molecule has 39 heavy (non-hydrogen) atoms. The van der Waals surface area contributed by atoms with Gasteiger partial charge in [0.1, 0.15) is 36.2 Å². The number of carbonyl (C=O) groups is 3. The van der Waals surface area contributed by atoms with Crippen molar-refractivity contribution < 1.29 is 69.3 Å². The lowest BCUT2D eigenvalue weighted by Gasteiger charge is -2.39. The number of nitrogens with zero attached hydrogens (tertiary/aromatic N) is 1. The van der Waals surface area contributed by atoms with Gasteiger partial charge in [-0.1, -0.05) is 0 Å². The number of hydrogen-bond acceptors (Lipinski definition) is 11. The van der Waals surface area contributed by atoms with E-state index in [-0.39, 0.29) is 30.0 Å². The van der Waals surface area contributed by atoms with Crippen molar-refractivity contribution in [1.29, 1.82) is 0 Å². The summed E-state index contributed by atoms with van der Waals surface area (Å²) in [6, 6.07) is 0.177. The van der Waals surface area contributed by atoms with E-state index in [1.54, 1.807) is 0 Å². The van der Waals surface area contributed by atoms with Crippen molar-refractivity contribution in [2.45, 2.75) is 55.6 Å². The number of benzene rings is 1. The highest BCUT2D eigenvalue weighted by atomic mass is 16.7. The van der Waals surface area contributed by atoms with Crippen molar-refractivity contribution in [3.63, 3.8) is 0 Å². The number of phenolic OH excluding ortho intramolecular Hbond substituents is 1. The number of phenols is 1. The number of hydrogen-bond donors (Lipinski definition) is 9. The number of carboxylic acid groups (broad SMARTS) is 3. The predicted octanol–water partition coefficient (Wildman–Crippen LogP) is -2.36. The zero-order chi connectivity index (χ0) is 28.6. The number of ether oxygens (including phenoxy) is 2. The highest BCUT2D eigenvalue weighted by Gasteiger charge is 2.46. The van der Waals surface area contributed by atoms with E-state index < -0.39 is 73.1 Å². The molecule has 1 unspecified atom stereocenters. The van der Waals surface area contributed by atoms with Crippen molar-refractivity contribution in [2.75, 3.05) is 6.61 Å². The molecule has 3 aliphatic heterocycles. The molecule has 3 aliphatic rings. The molecule has 4 rings (SSSR count). The van der Waals surface area contributed by atoms with Gasteiger partial charge in [0.2, 0.25) is 12.0 Å². The molecular weight excluding hydrogens is 524 g/mol. The largest absolute Gasteiger partial charge is 0.504 e. The Balaban J connectivity index is 1.66. The molecule has 15 nitrogen and oxygen atoms in total. The van der Waals surface area contributed by atoms with Gasteiger partial charge in [-0.3, -0.25) is 0 Å². The van der Waals surface area contributed by atoms with Crippen LogP contribution < -0.4 is 10.1 Å². The number of aliphatic hydroxyl groups excluding tert-OH is 4. The second-order valence-electron chi connectivity index (χ2n) is 9.22. The van der Waals surface area contributed by atoms with E-state index in [0.29, 0.717) is 11.1 Å². The monoisotopic (exact) mass is 551 g/mol. The number of aliphatic carboxylic acids is 3. The van der Waals surface area contributed by atoms with Crippen LogP contribution in [0.1, 0.15) is 12.0 Å². The van der Waals surface area contributed by atoms with Crippen LogP contribution in [-0.2, 0) is 25.5 Å². The maximum atomic E-state index is 12.0. The molecule has 0 spiro atoms. The van der Waals surface area contributed by atoms with E-state index in [2.05, 4.69) is 5.32 Å². The van der Waals surface area contributed by atoms with Crippen molar-refractivity contribution >= 4 is 29.8 Å². The Kier molecular flexibility index (Phi) is 7.89. The Morgan fingerprint density at radius 1 is 1.05 bits per heavy atom. The van der Waals surface area contributed by atoms with Crippen LogP contribution in [0.25, 0.3) is 0 Å². The summed E-state index contributed by atoms with van der Waals surface area (Å²) in [4.78, 5) is 34.8. The van der Waals surface area contributed by atoms with E-state index in [9.17, 15) is 55.2 Å². The van der Waals surface area contributed by atoms with Crippen LogP contribution in [0.3, 0.4) is 0 Å². The third kappa shape index (κ3) is 5.57. The van der Waals surface area contributed by atoms with Gasteiger partial charge in [-0.2, -0.15) is 4.58 Å². The fourth-order valence-corrected chi connectivity index (χ4v) is 4.58. The average molecular weight is 551 g/mol. The molecule has 0 amide bonds. The van der Waals surface area contributed by atoms with E-state index >= 15 is 0 Å². The summed E-state index contributed by atoms with van der Waals surface area (Å²) < 4.78 is 12.1. The first kappa shape index (κ1) is 28.0. The van der Waals surface area contributed by atoms with Crippen LogP contribution in [-0.4, -0.2) is 119 Å². The fourth-order valence-electron chi connectivity index (χ4n) is 4.58. The van der Waals surface area contributed by atoms with Crippen LogP contribution in [0, 0.1) is 0 Å². The first-order valence-electron chi connectivity index (χ1n) is 11.7. The number of aliphatic hydroxyl groups is 4. The fraction of sp³-hybridized carbons (Fsp3) is 0.417. The second kappa shape index (κ2) is 11.0. The van der Waals surface area contributed by atoms with Gasteiger partial charge < -0.3 is 55.6 Å². The average Bonchev–Trinajstić information content (AvgIpc) is 3.24. The molecule has 9 N–H and O–H groups in total. The van der Waals surface area contributed by atoms with Gasteiger partial charge in [0, 0.05) is 18.1 Å². The molecule has 0 bridgehead atoms. The molecule has 7 atom stereocenters. The zero-order valence-electron chi connectivity index (χ0n) is 20.1. The summed E-state index contributed by atoms with van der Waals surface area (Å²) in [5.41, 5.74) is 0.648. The van der Waals surface area contributed by atoms with Gasteiger partial charge in [-0.15, -0.1) is 0 Å². The number of carboxylic acids is 3. The second-order valence-corrected chi connectivity index (χ2v) is 9.22. The van der Waals surface area contributed by atoms with Crippen LogP contribution in [0.5, 0.6) is 11.5 Å². The van der Waals surface area contributed by atoms with Gasteiger partial charge in [0.25, 0.3) is 6.04 Å². The molecule has 0 radical (unpaired) electrons. The van der Waals surface area contributed by atoms with Gasteiger partial charge in [-0.05, 0) is 17.7 Å². The first-order valence-corrected chi connectivity index (χ1v) is 11.7. The first-order chi connectivity index (χ1) is 18.4. The minimum atomic E-state index is -1.73. The lowest BCUT2D eigenvalue weighted by Crippen LogP contribution is -2.60. The van der Waals surface area contributed by atoms with Crippen LogP contribution in [0.4, 0.5) is 5.69 Å². The van der Waals surface area contributed by atoms with E-state index in [1.165, 1.54) is 35.1 Å². The molecule has 0 saturated carbocycles. The Hall–Kier alpha value is -4.02. The Bertz CT molecular complexity index is 1270. The SMILES string of the molecule is O=C(O)C1=CC(=CC=[N+]2c3cc(O)c(O[C@@H]4O[C@H](CO)[C@@H](O)[C@H](O)[C@H]4O)cc3C[C@H]2C(=O)O)CC(C(=O)O)N1. The summed E-state index contributed by atoms with van der Waals surface area (Å²) >= 11 is 0. The van der Waals surface area contributed by atoms with E-state index in [1.807, 2.05) is 0 Å². The molecule has 1 aromatic rings. The Morgan fingerprint density at radius 2 is 1.77 bits per heavy atom. The normalized spacial score (nSPS) is 32.3. The number of rotatable bonds is 7. The molecule has 210 valence electrons. The van der Waals surface area contributed by atoms with Crippen molar-refractivity contribution in [3.8, 4) is 11.5 Å². The smallest absolute Gasteiger partial charge is 0.373 e. The summed E-state index contributed by atoms with van der Waals surface area (Å²) in [7, 11) is 0. The minimum Gasteiger partial charge on any atom is -0.504 e. The summed E-state index contributed by atoms with van der Waals surface area (Å²) in [5, 5.41) is 80.9. The van der Waals surface area contributed by atoms with Gasteiger partial charge in [-0.25, -0.2) is 14.4 Å². The minimum absolute atomic E-state index is 0.0504. The van der Waals surface area contributed by atoms with E-state index in [0.717, 1.165) is 0 Å².